The van der Waals surface area contributed by atoms with E-state index in [1.807, 2.05) is 30.3 Å². The normalized spacial score (nSPS) is 18.4. The Kier molecular flexibility index (Phi) is 5.78. The van der Waals surface area contributed by atoms with Crippen molar-refractivity contribution >= 4 is 37.7 Å². The van der Waals surface area contributed by atoms with Crippen molar-refractivity contribution in [2.24, 2.45) is 0 Å². The number of rotatable bonds is 5. The Morgan fingerprint density at radius 2 is 1.96 bits per heavy atom. The summed E-state index contributed by atoms with van der Waals surface area (Å²) in [5.41, 5.74) is 2.08. The summed E-state index contributed by atoms with van der Waals surface area (Å²) in [5.74, 6) is 1.51. The first-order valence-electron chi connectivity index (χ1n) is 8.03. The molecular weight excluding hydrogens is 422 g/mol. The molecule has 2 aromatic rings. The first-order valence-corrected chi connectivity index (χ1v) is 11.3. The average molecular weight is 442 g/mol. The Morgan fingerprint density at radius 3 is 2.56 bits per heavy atom. The number of thioether (sulfide) groups is 1. The third-order valence-corrected chi connectivity index (χ3v) is 8.14. The fourth-order valence-electron chi connectivity index (χ4n) is 2.83. The molecule has 0 amide bonds. The minimum absolute atomic E-state index is 0.224. The molecular formula is C18H20BrNO3S2. The number of hydrogen-bond acceptors (Lipinski definition) is 4. The van der Waals surface area contributed by atoms with Crippen LogP contribution in [0.15, 0.2) is 51.8 Å². The second-order valence-electron chi connectivity index (χ2n) is 5.73. The lowest BCUT2D eigenvalue weighted by Crippen LogP contribution is -2.30. The van der Waals surface area contributed by atoms with Crippen LogP contribution in [0.4, 0.5) is 0 Å². The van der Waals surface area contributed by atoms with E-state index in [0.29, 0.717) is 11.4 Å². The number of ether oxygens (including phenoxy) is 1. The molecule has 1 heterocycles. The van der Waals surface area contributed by atoms with Gasteiger partial charge in [0.15, 0.2) is 0 Å². The molecule has 4 nitrogen and oxygen atoms in total. The molecule has 3 rings (SSSR count). The maximum atomic E-state index is 13.1. The van der Waals surface area contributed by atoms with Crippen molar-refractivity contribution < 1.29 is 13.2 Å². The Hall–Kier alpha value is -1.02. The molecule has 1 atom stereocenters. The van der Waals surface area contributed by atoms with Gasteiger partial charge in [0.1, 0.15) is 5.75 Å². The molecule has 0 bridgehead atoms. The molecule has 2 aromatic carbocycles. The average Bonchev–Trinajstić information content (AvgIpc) is 3.12. The van der Waals surface area contributed by atoms with Gasteiger partial charge < -0.3 is 4.74 Å². The van der Waals surface area contributed by atoms with E-state index in [-0.39, 0.29) is 5.37 Å². The van der Waals surface area contributed by atoms with E-state index in [9.17, 15) is 8.42 Å². The van der Waals surface area contributed by atoms with E-state index in [0.717, 1.165) is 33.5 Å². The summed E-state index contributed by atoms with van der Waals surface area (Å²) in [6, 6.07) is 12.9. The number of aryl methyl sites for hydroxylation is 1. The smallest absolute Gasteiger partial charge is 0.244 e. The van der Waals surface area contributed by atoms with Crippen LogP contribution in [0.2, 0.25) is 0 Å². The molecule has 134 valence electrons. The highest BCUT2D eigenvalue weighted by molar-refractivity contribution is 9.10. The highest BCUT2D eigenvalue weighted by Crippen LogP contribution is 2.43. The van der Waals surface area contributed by atoms with Crippen LogP contribution in [0.1, 0.15) is 23.4 Å². The van der Waals surface area contributed by atoms with Crippen LogP contribution < -0.4 is 4.74 Å². The summed E-state index contributed by atoms with van der Waals surface area (Å²) in [7, 11) is -1.91. The van der Waals surface area contributed by atoms with Crippen LogP contribution in [0.5, 0.6) is 5.75 Å². The third-order valence-electron chi connectivity index (χ3n) is 4.25. The van der Waals surface area contributed by atoms with Gasteiger partial charge in [0, 0.05) is 12.3 Å². The predicted molar refractivity (Wildman–Crippen MR) is 106 cm³/mol. The van der Waals surface area contributed by atoms with E-state index in [1.54, 1.807) is 35.3 Å². The fourth-order valence-corrected chi connectivity index (χ4v) is 6.62. The van der Waals surface area contributed by atoms with Crippen molar-refractivity contribution in [2.45, 2.75) is 23.6 Å². The quantitative estimate of drug-likeness (QED) is 0.686. The Morgan fingerprint density at radius 1 is 1.24 bits per heavy atom. The highest BCUT2D eigenvalue weighted by Gasteiger charge is 2.37. The standard InChI is InChI=1S/C18H20BrNO3S2/c1-3-13-4-7-15(8-5-13)25(21,22)20-10-11-24-18(20)14-6-9-17(23-2)16(19)12-14/h4-9,12,18H,3,10-11H2,1-2H3/t18-/m1/s1. The summed E-state index contributed by atoms with van der Waals surface area (Å²) >= 11 is 5.12. The molecule has 0 N–H and O–H groups in total. The summed E-state index contributed by atoms with van der Waals surface area (Å²) in [6.45, 7) is 2.56. The lowest BCUT2D eigenvalue weighted by Gasteiger charge is -2.24. The van der Waals surface area contributed by atoms with Crippen LogP contribution in [0.3, 0.4) is 0 Å². The Bertz CT molecular complexity index is 853. The van der Waals surface area contributed by atoms with Crippen LogP contribution in [-0.2, 0) is 16.4 Å². The Balaban J connectivity index is 1.93. The van der Waals surface area contributed by atoms with Gasteiger partial charge in [0.25, 0.3) is 0 Å². The summed E-state index contributed by atoms with van der Waals surface area (Å²) in [4.78, 5) is 0.352. The van der Waals surface area contributed by atoms with E-state index < -0.39 is 10.0 Å². The van der Waals surface area contributed by atoms with E-state index in [4.69, 9.17) is 4.74 Å². The largest absolute Gasteiger partial charge is 0.496 e. The maximum absolute atomic E-state index is 13.1. The van der Waals surface area contributed by atoms with Crippen molar-refractivity contribution in [3.05, 3.63) is 58.1 Å². The van der Waals surface area contributed by atoms with Crippen LogP contribution in [-0.4, -0.2) is 32.1 Å². The zero-order valence-electron chi connectivity index (χ0n) is 14.1. The number of hydrogen-bond donors (Lipinski definition) is 0. The molecule has 1 saturated heterocycles. The molecule has 1 fully saturated rings. The topological polar surface area (TPSA) is 46.6 Å². The van der Waals surface area contributed by atoms with Crippen molar-refractivity contribution in [3.8, 4) is 5.75 Å². The van der Waals surface area contributed by atoms with E-state index in [1.165, 1.54) is 0 Å². The third kappa shape index (κ3) is 3.74. The molecule has 0 saturated carbocycles. The molecule has 1 aliphatic rings. The second kappa shape index (κ2) is 7.70. The van der Waals surface area contributed by atoms with Crippen molar-refractivity contribution in [1.82, 2.24) is 4.31 Å². The van der Waals surface area contributed by atoms with E-state index in [2.05, 4.69) is 22.9 Å². The molecule has 0 spiro atoms. The van der Waals surface area contributed by atoms with Gasteiger partial charge in [0.05, 0.1) is 21.9 Å². The van der Waals surface area contributed by atoms with Crippen LogP contribution in [0.25, 0.3) is 0 Å². The maximum Gasteiger partial charge on any atom is 0.244 e. The number of benzene rings is 2. The minimum Gasteiger partial charge on any atom is -0.496 e. The van der Waals surface area contributed by atoms with Gasteiger partial charge in [0.2, 0.25) is 10.0 Å². The molecule has 0 aromatic heterocycles. The molecule has 0 aliphatic carbocycles. The zero-order chi connectivity index (χ0) is 18.0. The lowest BCUT2D eigenvalue weighted by molar-refractivity contribution is 0.410. The second-order valence-corrected chi connectivity index (χ2v) is 9.66. The minimum atomic E-state index is -3.52. The SMILES string of the molecule is CCc1ccc(S(=O)(=O)N2CCS[C@@H]2c2ccc(OC)c(Br)c2)cc1. The Labute approximate surface area is 161 Å². The molecule has 25 heavy (non-hydrogen) atoms. The van der Waals surface area contributed by atoms with Crippen molar-refractivity contribution in [1.29, 1.82) is 0 Å². The molecule has 7 heteroatoms. The first kappa shape index (κ1) is 18.8. The number of sulfonamides is 1. The van der Waals surface area contributed by atoms with Gasteiger partial charge in [-0.1, -0.05) is 25.1 Å². The lowest BCUT2D eigenvalue weighted by atomic mass is 10.2. The van der Waals surface area contributed by atoms with Gasteiger partial charge >= 0.3 is 0 Å². The van der Waals surface area contributed by atoms with Gasteiger partial charge in [-0.05, 0) is 57.7 Å². The molecule has 1 aliphatic heterocycles. The number of halogens is 1. The van der Waals surface area contributed by atoms with Gasteiger partial charge in [-0.3, -0.25) is 0 Å². The number of nitrogens with zero attached hydrogens (tertiary/aromatic N) is 1. The van der Waals surface area contributed by atoms with Crippen molar-refractivity contribution in [2.75, 3.05) is 19.4 Å². The van der Waals surface area contributed by atoms with Gasteiger partial charge in [-0.15, -0.1) is 11.8 Å². The highest BCUT2D eigenvalue weighted by atomic mass is 79.9. The first-order chi connectivity index (χ1) is 12.0. The summed E-state index contributed by atoms with van der Waals surface area (Å²) in [5, 5.41) is -0.224. The van der Waals surface area contributed by atoms with Crippen molar-refractivity contribution in [3.63, 3.8) is 0 Å². The molecule has 0 radical (unpaired) electrons. The van der Waals surface area contributed by atoms with Crippen LogP contribution in [0, 0.1) is 0 Å². The summed E-state index contributed by atoms with van der Waals surface area (Å²) < 4.78 is 33.9. The molecule has 0 unspecified atom stereocenters. The van der Waals surface area contributed by atoms with Crippen LogP contribution >= 0.6 is 27.7 Å². The summed E-state index contributed by atoms with van der Waals surface area (Å²) in [6.07, 6.45) is 0.891. The van der Waals surface area contributed by atoms with Gasteiger partial charge in [-0.25, -0.2) is 8.42 Å². The monoisotopic (exact) mass is 441 g/mol. The fraction of sp³-hybridized carbons (Fsp3) is 0.333. The van der Waals surface area contributed by atoms with E-state index >= 15 is 0 Å². The van der Waals surface area contributed by atoms with Gasteiger partial charge in [-0.2, -0.15) is 4.31 Å². The predicted octanol–water partition coefficient (Wildman–Crippen LogP) is 4.46. The zero-order valence-corrected chi connectivity index (χ0v) is 17.3. The number of methoxy groups -OCH3 is 1.